The van der Waals surface area contributed by atoms with Crippen LogP contribution in [-0.2, 0) is 21.3 Å². The van der Waals surface area contributed by atoms with Crippen LogP contribution in [0.3, 0.4) is 0 Å². The summed E-state index contributed by atoms with van der Waals surface area (Å²) in [6, 6.07) is 9.47. The predicted octanol–water partition coefficient (Wildman–Crippen LogP) is 2.89. The molecule has 0 fully saturated rings. The summed E-state index contributed by atoms with van der Waals surface area (Å²) in [4.78, 5) is 13.3. The van der Waals surface area contributed by atoms with Crippen molar-refractivity contribution in [3.63, 3.8) is 0 Å². The normalized spacial score (nSPS) is 14.2. The summed E-state index contributed by atoms with van der Waals surface area (Å²) in [6.45, 7) is 2.10. The highest BCUT2D eigenvalue weighted by Gasteiger charge is 2.24. The average Bonchev–Trinajstić information content (AvgIpc) is 2.53. The second kappa shape index (κ2) is 6.24. The molecule has 126 valence electrons. The van der Waals surface area contributed by atoms with Gasteiger partial charge in [0.15, 0.2) is 0 Å². The first-order chi connectivity index (χ1) is 11.4. The molecule has 7 heteroatoms. The SMILES string of the molecule is CC(=O)N1CCCc2cc(S(=O)(=O)Oc3cccc(F)c3)ccc21. The van der Waals surface area contributed by atoms with Crippen molar-refractivity contribution in [2.24, 2.45) is 0 Å². The Kier molecular flexibility index (Phi) is 4.28. The molecule has 3 rings (SSSR count). The summed E-state index contributed by atoms with van der Waals surface area (Å²) in [5, 5.41) is 0. The van der Waals surface area contributed by atoms with Crippen molar-refractivity contribution < 1.29 is 21.8 Å². The van der Waals surface area contributed by atoms with E-state index in [-0.39, 0.29) is 16.6 Å². The largest absolute Gasteiger partial charge is 0.379 e. The van der Waals surface area contributed by atoms with Gasteiger partial charge >= 0.3 is 10.1 Å². The van der Waals surface area contributed by atoms with E-state index in [1.807, 2.05) is 0 Å². The summed E-state index contributed by atoms with van der Waals surface area (Å²) >= 11 is 0. The molecule has 0 unspecified atom stereocenters. The number of hydrogen-bond donors (Lipinski definition) is 0. The van der Waals surface area contributed by atoms with Crippen molar-refractivity contribution in [1.29, 1.82) is 0 Å². The Morgan fingerprint density at radius 2 is 2.00 bits per heavy atom. The highest BCUT2D eigenvalue weighted by atomic mass is 32.2. The molecule has 1 aliphatic rings. The van der Waals surface area contributed by atoms with Gasteiger partial charge in [-0.1, -0.05) is 6.07 Å². The number of nitrogens with zero attached hydrogens (tertiary/aromatic N) is 1. The molecular formula is C17H16FNO4S. The van der Waals surface area contributed by atoms with Gasteiger partial charge in [0.1, 0.15) is 16.5 Å². The smallest absolute Gasteiger partial charge is 0.339 e. The number of halogens is 1. The van der Waals surface area contributed by atoms with Crippen molar-refractivity contribution in [3.05, 3.63) is 53.8 Å². The van der Waals surface area contributed by atoms with E-state index in [9.17, 15) is 17.6 Å². The second-order valence-electron chi connectivity index (χ2n) is 5.56. The molecule has 1 amide bonds. The number of hydrogen-bond acceptors (Lipinski definition) is 4. The molecule has 1 aliphatic heterocycles. The third-order valence-corrected chi connectivity index (χ3v) is 5.08. The van der Waals surface area contributed by atoms with Crippen LogP contribution in [0.4, 0.5) is 10.1 Å². The van der Waals surface area contributed by atoms with E-state index >= 15 is 0 Å². The Bertz CT molecular complexity index is 895. The van der Waals surface area contributed by atoms with Gasteiger partial charge in [0.25, 0.3) is 0 Å². The lowest BCUT2D eigenvalue weighted by atomic mass is 10.0. The van der Waals surface area contributed by atoms with Crippen LogP contribution in [0.5, 0.6) is 5.75 Å². The number of carbonyl (C=O) groups excluding carboxylic acids is 1. The van der Waals surface area contributed by atoms with Gasteiger partial charge in [-0.15, -0.1) is 0 Å². The van der Waals surface area contributed by atoms with Crippen LogP contribution in [0, 0.1) is 5.82 Å². The van der Waals surface area contributed by atoms with E-state index in [1.54, 1.807) is 11.0 Å². The highest BCUT2D eigenvalue weighted by Crippen LogP contribution is 2.30. The van der Waals surface area contributed by atoms with Gasteiger partial charge in [0.05, 0.1) is 0 Å². The molecule has 0 N–H and O–H groups in total. The van der Waals surface area contributed by atoms with E-state index in [0.717, 1.165) is 23.7 Å². The molecular weight excluding hydrogens is 333 g/mol. The van der Waals surface area contributed by atoms with Crippen LogP contribution >= 0.6 is 0 Å². The Balaban J connectivity index is 1.93. The van der Waals surface area contributed by atoms with Crippen LogP contribution < -0.4 is 9.08 Å². The van der Waals surface area contributed by atoms with Crippen LogP contribution in [0.2, 0.25) is 0 Å². The standard InChI is InChI=1S/C17H16FNO4S/c1-12(20)19-9-3-4-13-10-16(7-8-17(13)19)24(21,22)23-15-6-2-5-14(18)11-15/h2,5-8,10-11H,3-4,9H2,1H3. The minimum absolute atomic E-state index is 0.0177. The fourth-order valence-electron chi connectivity index (χ4n) is 2.75. The molecule has 1 heterocycles. The van der Waals surface area contributed by atoms with Crippen LogP contribution in [0.15, 0.2) is 47.4 Å². The average molecular weight is 349 g/mol. The van der Waals surface area contributed by atoms with Crippen LogP contribution in [0.1, 0.15) is 18.9 Å². The molecule has 0 bridgehead atoms. The molecule has 0 aliphatic carbocycles. The number of aryl methyl sites for hydroxylation is 1. The van der Waals surface area contributed by atoms with Gasteiger partial charge in [-0.3, -0.25) is 4.79 Å². The number of benzene rings is 2. The van der Waals surface area contributed by atoms with Gasteiger partial charge in [0.2, 0.25) is 5.91 Å². The molecule has 0 saturated carbocycles. The first kappa shape index (κ1) is 16.4. The maximum atomic E-state index is 13.2. The lowest BCUT2D eigenvalue weighted by Gasteiger charge is -2.28. The van der Waals surface area contributed by atoms with E-state index in [1.165, 1.54) is 37.3 Å². The fourth-order valence-corrected chi connectivity index (χ4v) is 3.72. The Morgan fingerprint density at radius 1 is 1.21 bits per heavy atom. The Hall–Kier alpha value is -2.41. The van der Waals surface area contributed by atoms with Crippen LogP contribution in [0.25, 0.3) is 0 Å². The Morgan fingerprint density at radius 3 is 2.71 bits per heavy atom. The zero-order valence-electron chi connectivity index (χ0n) is 13.0. The number of rotatable bonds is 3. The maximum absolute atomic E-state index is 13.2. The minimum atomic E-state index is -4.07. The zero-order chi connectivity index (χ0) is 17.3. The van der Waals surface area contributed by atoms with Crippen molar-refractivity contribution in [2.45, 2.75) is 24.7 Å². The highest BCUT2D eigenvalue weighted by molar-refractivity contribution is 7.87. The van der Waals surface area contributed by atoms with E-state index in [0.29, 0.717) is 13.0 Å². The summed E-state index contributed by atoms with van der Waals surface area (Å²) in [5.74, 6) is -0.745. The van der Waals surface area contributed by atoms with Crippen molar-refractivity contribution in [3.8, 4) is 5.75 Å². The number of amides is 1. The van der Waals surface area contributed by atoms with E-state index in [4.69, 9.17) is 4.18 Å². The molecule has 0 aromatic heterocycles. The number of anilines is 1. The summed E-state index contributed by atoms with van der Waals surface area (Å²) in [7, 11) is -4.07. The molecule has 5 nitrogen and oxygen atoms in total. The topological polar surface area (TPSA) is 63.7 Å². The zero-order valence-corrected chi connectivity index (χ0v) is 13.8. The quantitative estimate of drug-likeness (QED) is 0.800. The summed E-state index contributed by atoms with van der Waals surface area (Å²) in [5.41, 5.74) is 1.50. The third kappa shape index (κ3) is 3.26. The molecule has 0 atom stereocenters. The van der Waals surface area contributed by atoms with Gasteiger partial charge in [-0.25, -0.2) is 4.39 Å². The van der Waals surface area contributed by atoms with Crippen molar-refractivity contribution in [1.82, 2.24) is 0 Å². The number of carbonyl (C=O) groups is 1. The minimum Gasteiger partial charge on any atom is -0.379 e. The third-order valence-electron chi connectivity index (χ3n) is 3.84. The van der Waals surface area contributed by atoms with Crippen LogP contribution in [-0.4, -0.2) is 20.9 Å². The lowest BCUT2D eigenvalue weighted by Crippen LogP contribution is -2.33. The summed E-state index contributed by atoms with van der Waals surface area (Å²) in [6.07, 6.45) is 1.45. The number of fused-ring (bicyclic) bond motifs is 1. The fraction of sp³-hybridized carbons (Fsp3) is 0.235. The molecule has 24 heavy (non-hydrogen) atoms. The molecule has 2 aromatic rings. The first-order valence-electron chi connectivity index (χ1n) is 7.48. The van der Waals surface area contributed by atoms with Crippen molar-refractivity contribution in [2.75, 3.05) is 11.4 Å². The molecule has 0 spiro atoms. The monoisotopic (exact) mass is 349 g/mol. The van der Waals surface area contributed by atoms with Crippen molar-refractivity contribution >= 4 is 21.7 Å². The molecule has 0 saturated heterocycles. The lowest BCUT2D eigenvalue weighted by molar-refractivity contribution is -0.116. The maximum Gasteiger partial charge on any atom is 0.339 e. The molecule has 2 aromatic carbocycles. The molecule has 0 radical (unpaired) electrons. The first-order valence-corrected chi connectivity index (χ1v) is 8.89. The van der Waals surface area contributed by atoms with Gasteiger partial charge in [0, 0.05) is 25.2 Å². The van der Waals surface area contributed by atoms with E-state index in [2.05, 4.69) is 0 Å². The van der Waals surface area contributed by atoms with Gasteiger partial charge in [-0.2, -0.15) is 8.42 Å². The Labute approximate surface area is 139 Å². The predicted molar refractivity (Wildman–Crippen MR) is 87.0 cm³/mol. The van der Waals surface area contributed by atoms with E-state index < -0.39 is 15.9 Å². The van der Waals surface area contributed by atoms with Gasteiger partial charge in [-0.05, 0) is 48.7 Å². The second-order valence-corrected chi connectivity index (χ2v) is 7.11. The van der Waals surface area contributed by atoms with Gasteiger partial charge < -0.3 is 9.08 Å². The summed E-state index contributed by atoms with van der Waals surface area (Å²) < 4.78 is 42.9.